The summed E-state index contributed by atoms with van der Waals surface area (Å²) in [5.74, 6) is 0.984. The molecule has 4 heterocycles. The zero-order chi connectivity index (χ0) is 17.6. The molecule has 2 aliphatic heterocycles. The van der Waals surface area contributed by atoms with Gasteiger partial charge < -0.3 is 14.8 Å². The Morgan fingerprint density at radius 3 is 2.76 bits per heavy atom. The fraction of sp³-hybridized carbons (Fsp3) is 0.471. The van der Waals surface area contributed by atoms with Gasteiger partial charge in [0.25, 0.3) is 5.56 Å². The molecule has 4 rings (SSSR count). The van der Waals surface area contributed by atoms with E-state index in [1.54, 1.807) is 24.2 Å². The maximum absolute atomic E-state index is 12.7. The Kier molecular flexibility index (Phi) is 3.74. The van der Waals surface area contributed by atoms with Gasteiger partial charge in [-0.25, -0.2) is 15.0 Å². The third-order valence-electron chi connectivity index (χ3n) is 5.01. The molecule has 1 saturated heterocycles. The third-order valence-corrected chi connectivity index (χ3v) is 5.01. The van der Waals surface area contributed by atoms with E-state index in [9.17, 15) is 9.59 Å². The highest BCUT2D eigenvalue weighted by Gasteiger charge is 2.37. The zero-order valence-corrected chi connectivity index (χ0v) is 14.3. The molecule has 8 heteroatoms. The van der Waals surface area contributed by atoms with Crippen molar-refractivity contribution in [3.8, 4) is 0 Å². The van der Waals surface area contributed by atoms with Crippen LogP contribution >= 0.6 is 0 Å². The number of fused-ring (bicyclic) bond motifs is 1. The van der Waals surface area contributed by atoms with E-state index >= 15 is 0 Å². The average Bonchev–Trinajstić information content (AvgIpc) is 2.88. The van der Waals surface area contributed by atoms with E-state index in [1.807, 2.05) is 6.92 Å². The lowest BCUT2D eigenvalue weighted by molar-refractivity contribution is -0.134. The maximum Gasteiger partial charge on any atom is 0.256 e. The van der Waals surface area contributed by atoms with Gasteiger partial charge in [-0.2, -0.15) is 0 Å². The first-order chi connectivity index (χ1) is 12.0. The summed E-state index contributed by atoms with van der Waals surface area (Å²) in [6, 6.07) is -0.224. The monoisotopic (exact) mass is 340 g/mol. The largest absolute Gasteiger partial charge is 0.368 e. The number of anilines is 1. The molecular formula is C17H20N6O2. The van der Waals surface area contributed by atoms with Crippen molar-refractivity contribution < 1.29 is 4.79 Å². The minimum atomic E-state index is -0.224. The van der Waals surface area contributed by atoms with Crippen LogP contribution in [0.15, 0.2) is 23.5 Å². The lowest BCUT2D eigenvalue weighted by Gasteiger charge is -2.41. The van der Waals surface area contributed by atoms with Crippen LogP contribution in [0.3, 0.4) is 0 Å². The molecule has 1 amide bonds. The molecule has 1 unspecified atom stereocenters. The van der Waals surface area contributed by atoms with Crippen LogP contribution in [-0.2, 0) is 11.3 Å². The molecule has 8 nitrogen and oxygen atoms in total. The van der Waals surface area contributed by atoms with E-state index in [0.717, 1.165) is 24.5 Å². The van der Waals surface area contributed by atoms with Crippen LogP contribution in [0.5, 0.6) is 0 Å². The Morgan fingerprint density at radius 1 is 1.32 bits per heavy atom. The predicted octanol–water partition coefficient (Wildman–Crippen LogP) is 0.798. The van der Waals surface area contributed by atoms with Gasteiger partial charge >= 0.3 is 0 Å². The van der Waals surface area contributed by atoms with Crippen molar-refractivity contribution in [1.82, 2.24) is 24.8 Å². The molecule has 0 radical (unpaired) electrons. The highest BCUT2D eigenvalue weighted by Crippen LogP contribution is 2.32. The Bertz CT molecular complexity index is 859. The summed E-state index contributed by atoms with van der Waals surface area (Å²) in [6.45, 7) is 5.72. The molecule has 130 valence electrons. The Labute approximate surface area is 144 Å². The van der Waals surface area contributed by atoms with Crippen LogP contribution in [0.4, 0.5) is 5.69 Å². The highest BCUT2D eigenvalue weighted by atomic mass is 16.2. The fourth-order valence-corrected chi connectivity index (χ4v) is 3.69. The van der Waals surface area contributed by atoms with Gasteiger partial charge in [0.15, 0.2) is 0 Å². The van der Waals surface area contributed by atoms with Crippen LogP contribution in [0, 0.1) is 12.8 Å². The van der Waals surface area contributed by atoms with E-state index < -0.39 is 0 Å². The normalized spacial score (nSPS) is 19.7. The number of hydrogen-bond acceptors (Lipinski definition) is 6. The summed E-state index contributed by atoms with van der Waals surface area (Å²) in [4.78, 5) is 43.9. The number of H-pyrrole nitrogens is 1. The third kappa shape index (κ3) is 2.77. The summed E-state index contributed by atoms with van der Waals surface area (Å²) in [7, 11) is 0. The van der Waals surface area contributed by atoms with Crippen LogP contribution in [-0.4, -0.2) is 43.8 Å². The molecular weight excluding hydrogens is 320 g/mol. The van der Waals surface area contributed by atoms with Gasteiger partial charge in [-0.15, -0.1) is 0 Å². The second-order valence-electron chi connectivity index (χ2n) is 6.78. The summed E-state index contributed by atoms with van der Waals surface area (Å²) in [6.07, 6.45) is 5.56. The molecule has 1 atom stereocenters. The van der Waals surface area contributed by atoms with Crippen LogP contribution in [0.1, 0.15) is 36.5 Å². The number of aromatic nitrogens is 4. The predicted molar refractivity (Wildman–Crippen MR) is 90.9 cm³/mol. The van der Waals surface area contributed by atoms with Crippen LogP contribution in [0.25, 0.3) is 0 Å². The standard InChI is InChI=1S/C17H20N6O2/c1-10-16-14(20-11(2)21-17(16)25)8-23(10)15(24)3-12-6-22(7-12)13-4-18-9-19-5-13/h4-5,9-10,12H,3,6-8H2,1-2H3,(H,20,21,25). The fourth-order valence-electron chi connectivity index (χ4n) is 3.69. The lowest BCUT2D eigenvalue weighted by Crippen LogP contribution is -2.49. The second kappa shape index (κ2) is 5.94. The second-order valence-corrected chi connectivity index (χ2v) is 6.78. The molecule has 0 bridgehead atoms. The molecule has 1 N–H and O–H groups in total. The van der Waals surface area contributed by atoms with Crippen molar-refractivity contribution in [2.45, 2.75) is 32.9 Å². The number of aromatic amines is 1. The number of hydrogen-bond donors (Lipinski definition) is 1. The van der Waals surface area contributed by atoms with Crippen molar-refractivity contribution in [2.24, 2.45) is 5.92 Å². The number of amides is 1. The summed E-state index contributed by atoms with van der Waals surface area (Å²) >= 11 is 0. The van der Waals surface area contributed by atoms with Gasteiger partial charge in [-0.1, -0.05) is 0 Å². The first-order valence-corrected chi connectivity index (χ1v) is 8.42. The molecule has 0 spiro atoms. The lowest BCUT2D eigenvalue weighted by atomic mass is 9.95. The Balaban J connectivity index is 1.39. The molecule has 2 aliphatic rings. The number of nitrogens with zero attached hydrogens (tertiary/aromatic N) is 5. The maximum atomic E-state index is 12.7. The molecule has 0 saturated carbocycles. The van der Waals surface area contributed by atoms with E-state index in [2.05, 4.69) is 24.8 Å². The van der Waals surface area contributed by atoms with Gasteiger partial charge in [-0.05, 0) is 13.8 Å². The number of rotatable bonds is 3. The van der Waals surface area contributed by atoms with Gasteiger partial charge in [0, 0.05) is 25.4 Å². The van der Waals surface area contributed by atoms with Gasteiger partial charge in [0.05, 0.1) is 41.9 Å². The topological polar surface area (TPSA) is 95.1 Å². The number of aryl methyl sites for hydroxylation is 1. The molecule has 2 aromatic rings. The van der Waals surface area contributed by atoms with Crippen molar-refractivity contribution in [1.29, 1.82) is 0 Å². The first-order valence-electron chi connectivity index (χ1n) is 8.42. The zero-order valence-electron chi connectivity index (χ0n) is 14.3. The average molecular weight is 340 g/mol. The van der Waals surface area contributed by atoms with E-state index in [0.29, 0.717) is 30.3 Å². The van der Waals surface area contributed by atoms with Gasteiger partial charge in [0.1, 0.15) is 12.2 Å². The van der Waals surface area contributed by atoms with Gasteiger partial charge in [0.2, 0.25) is 5.91 Å². The first kappa shape index (κ1) is 15.7. The minimum absolute atomic E-state index is 0.0801. The molecule has 0 aliphatic carbocycles. The summed E-state index contributed by atoms with van der Waals surface area (Å²) < 4.78 is 0. The van der Waals surface area contributed by atoms with Crippen molar-refractivity contribution >= 4 is 11.6 Å². The van der Waals surface area contributed by atoms with Crippen molar-refractivity contribution in [3.05, 3.63) is 46.2 Å². The molecule has 1 fully saturated rings. The summed E-state index contributed by atoms with van der Waals surface area (Å²) in [5, 5.41) is 0. The van der Waals surface area contributed by atoms with Crippen LogP contribution in [0.2, 0.25) is 0 Å². The Hall–Kier alpha value is -2.77. The van der Waals surface area contributed by atoms with E-state index in [-0.39, 0.29) is 17.5 Å². The van der Waals surface area contributed by atoms with E-state index in [1.165, 1.54) is 6.33 Å². The smallest absolute Gasteiger partial charge is 0.256 e. The number of carbonyl (C=O) groups excluding carboxylic acids is 1. The summed E-state index contributed by atoms with van der Waals surface area (Å²) in [5.41, 5.74) is 2.19. The van der Waals surface area contributed by atoms with Gasteiger partial charge in [-0.3, -0.25) is 9.59 Å². The molecule has 25 heavy (non-hydrogen) atoms. The molecule has 0 aromatic carbocycles. The molecule has 2 aromatic heterocycles. The van der Waals surface area contributed by atoms with E-state index in [4.69, 9.17) is 0 Å². The van der Waals surface area contributed by atoms with Crippen molar-refractivity contribution in [2.75, 3.05) is 18.0 Å². The minimum Gasteiger partial charge on any atom is -0.368 e. The SMILES string of the molecule is Cc1nc2c(c(=O)[nH]1)C(C)N(C(=O)CC1CN(c3cncnc3)C1)C2. The highest BCUT2D eigenvalue weighted by molar-refractivity contribution is 5.78. The Morgan fingerprint density at radius 2 is 2.04 bits per heavy atom. The quantitative estimate of drug-likeness (QED) is 0.888. The van der Waals surface area contributed by atoms with Crippen LogP contribution < -0.4 is 10.5 Å². The number of nitrogens with one attached hydrogen (secondary N) is 1. The van der Waals surface area contributed by atoms with Crippen molar-refractivity contribution in [3.63, 3.8) is 0 Å². The number of carbonyl (C=O) groups is 1.